The van der Waals surface area contributed by atoms with E-state index >= 15 is 0 Å². The van der Waals surface area contributed by atoms with Crippen LogP contribution in [0.5, 0.6) is 0 Å². The zero-order valence-electron chi connectivity index (χ0n) is 17.2. The summed E-state index contributed by atoms with van der Waals surface area (Å²) in [5.41, 5.74) is -0.461. The number of hydrogen-bond acceptors (Lipinski definition) is 6. The Bertz CT molecular complexity index is 893. The van der Waals surface area contributed by atoms with Crippen LogP contribution in [-0.4, -0.2) is 47.4 Å². The van der Waals surface area contributed by atoms with E-state index in [9.17, 15) is 18.4 Å². The zero-order chi connectivity index (χ0) is 22.2. The molecule has 0 aliphatic carbocycles. The summed E-state index contributed by atoms with van der Waals surface area (Å²) in [4.78, 5) is 26.3. The summed E-state index contributed by atoms with van der Waals surface area (Å²) >= 11 is 1.12. The van der Waals surface area contributed by atoms with Crippen LogP contribution in [0.15, 0.2) is 35.4 Å². The van der Waals surface area contributed by atoms with E-state index in [1.807, 2.05) is 11.8 Å². The van der Waals surface area contributed by atoms with Gasteiger partial charge in [0, 0.05) is 19.6 Å². The van der Waals surface area contributed by atoms with Gasteiger partial charge in [-0.05, 0) is 43.5 Å². The zero-order valence-corrected chi connectivity index (χ0v) is 18.1. The van der Waals surface area contributed by atoms with E-state index in [-0.39, 0.29) is 17.6 Å². The van der Waals surface area contributed by atoms with Crippen molar-refractivity contribution in [2.45, 2.75) is 31.2 Å². The molecule has 10 heteroatoms. The minimum Gasteiger partial charge on any atom is -0.356 e. The number of rotatable bonds is 8. The topological polar surface area (TPSA) is 87.2 Å². The molecule has 1 saturated heterocycles. The maximum atomic E-state index is 13.6. The minimum atomic E-state index is -0.828. The van der Waals surface area contributed by atoms with Crippen LogP contribution in [0.1, 0.15) is 26.2 Å². The normalized spacial score (nSPS) is 16.1. The van der Waals surface area contributed by atoms with Crippen LogP contribution in [0, 0.1) is 17.6 Å². The standard InChI is InChI=1S/C21H25F2N5O2S/c1-2-10-24-21(30)14-5-4-11-28(12-14)17-8-9-19(27-26-17)31-13-18(29)25-20-15(22)6-3-7-16(20)23/h3,6-9,14H,2,4-5,10-13H2,1H3,(H,24,30)(H,25,29). The number of para-hydroxylation sites is 1. The predicted octanol–water partition coefficient (Wildman–Crippen LogP) is 3.23. The average molecular weight is 450 g/mol. The Kier molecular flexibility index (Phi) is 8.16. The van der Waals surface area contributed by atoms with Gasteiger partial charge in [-0.15, -0.1) is 10.2 Å². The average Bonchev–Trinajstić information content (AvgIpc) is 2.79. The lowest BCUT2D eigenvalue weighted by atomic mass is 9.97. The third-order valence-electron chi connectivity index (χ3n) is 4.87. The van der Waals surface area contributed by atoms with E-state index in [1.54, 1.807) is 12.1 Å². The smallest absolute Gasteiger partial charge is 0.234 e. The summed E-state index contributed by atoms with van der Waals surface area (Å²) in [6, 6.07) is 6.93. The van der Waals surface area contributed by atoms with E-state index in [0.717, 1.165) is 49.7 Å². The molecule has 1 unspecified atom stereocenters. The fourth-order valence-electron chi connectivity index (χ4n) is 3.28. The van der Waals surface area contributed by atoms with E-state index in [1.165, 1.54) is 6.07 Å². The molecule has 1 atom stereocenters. The predicted molar refractivity (Wildman–Crippen MR) is 116 cm³/mol. The Hall–Kier alpha value is -2.75. The van der Waals surface area contributed by atoms with E-state index in [2.05, 4.69) is 20.8 Å². The van der Waals surface area contributed by atoms with Crippen LogP contribution in [-0.2, 0) is 9.59 Å². The van der Waals surface area contributed by atoms with Crippen molar-refractivity contribution in [2.24, 2.45) is 5.92 Å². The minimum absolute atomic E-state index is 0.0643. The first-order valence-electron chi connectivity index (χ1n) is 10.2. The summed E-state index contributed by atoms with van der Waals surface area (Å²) in [5, 5.41) is 14.0. The Morgan fingerprint density at radius 2 is 1.97 bits per heavy atom. The number of carbonyl (C=O) groups is 2. The van der Waals surface area contributed by atoms with Crippen molar-refractivity contribution in [3.8, 4) is 0 Å². The summed E-state index contributed by atoms with van der Waals surface area (Å²) in [6.07, 6.45) is 2.65. The van der Waals surface area contributed by atoms with Gasteiger partial charge in [-0.25, -0.2) is 8.78 Å². The molecule has 1 aliphatic rings. The number of amides is 2. The van der Waals surface area contributed by atoms with Crippen molar-refractivity contribution < 1.29 is 18.4 Å². The number of carbonyl (C=O) groups excluding carboxylic acids is 2. The van der Waals surface area contributed by atoms with Gasteiger partial charge in [0.15, 0.2) is 5.82 Å². The number of hydrogen-bond donors (Lipinski definition) is 2. The molecule has 7 nitrogen and oxygen atoms in total. The maximum absolute atomic E-state index is 13.6. The van der Waals surface area contributed by atoms with Crippen molar-refractivity contribution in [2.75, 3.05) is 35.6 Å². The molecular weight excluding hydrogens is 424 g/mol. The van der Waals surface area contributed by atoms with Crippen LogP contribution in [0.25, 0.3) is 0 Å². The van der Waals surface area contributed by atoms with Gasteiger partial charge in [0.2, 0.25) is 11.8 Å². The first-order chi connectivity index (χ1) is 15.0. The number of piperidine rings is 1. The van der Waals surface area contributed by atoms with Gasteiger partial charge in [-0.1, -0.05) is 24.8 Å². The molecule has 0 radical (unpaired) electrons. The molecule has 2 aromatic rings. The molecule has 2 amide bonds. The van der Waals surface area contributed by atoms with Gasteiger partial charge in [0.25, 0.3) is 0 Å². The number of nitrogens with zero attached hydrogens (tertiary/aromatic N) is 3. The van der Waals surface area contributed by atoms with Gasteiger partial charge >= 0.3 is 0 Å². The molecule has 0 spiro atoms. The van der Waals surface area contributed by atoms with Crippen LogP contribution >= 0.6 is 11.8 Å². The number of benzene rings is 1. The van der Waals surface area contributed by atoms with Crippen molar-refractivity contribution >= 4 is 35.1 Å². The number of nitrogens with one attached hydrogen (secondary N) is 2. The number of thioether (sulfide) groups is 1. The molecule has 2 N–H and O–H groups in total. The second-order valence-corrected chi connectivity index (χ2v) is 8.24. The first-order valence-corrected chi connectivity index (χ1v) is 11.2. The lowest BCUT2D eigenvalue weighted by Gasteiger charge is -2.32. The van der Waals surface area contributed by atoms with Crippen LogP contribution in [0.2, 0.25) is 0 Å². The molecule has 3 rings (SSSR count). The van der Waals surface area contributed by atoms with Crippen molar-refractivity contribution in [1.29, 1.82) is 0 Å². The van der Waals surface area contributed by atoms with Gasteiger partial charge in [-0.2, -0.15) is 0 Å². The lowest BCUT2D eigenvalue weighted by molar-refractivity contribution is -0.125. The SMILES string of the molecule is CCCNC(=O)C1CCCN(c2ccc(SCC(=O)Nc3c(F)cccc3F)nn2)C1. The molecule has 0 saturated carbocycles. The molecule has 31 heavy (non-hydrogen) atoms. The molecule has 0 bridgehead atoms. The summed E-state index contributed by atoms with van der Waals surface area (Å²) in [6.45, 7) is 4.09. The molecular formula is C21H25F2N5O2S. The Morgan fingerprint density at radius 1 is 1.19 bits per heavy atom. The summed E-state index contributed by atoms with van der Waals surface area (Å²) < 4.78 is 27.2. The molecule has 1 aromatic heterocycles. The monoisotopic (exact) mass is 449 g/mol. The fourth-order valence-corrected chi connectivity index (χ4v) is 3.90. The van der Waals surface area contributed by atoms with Crippen LogP contribution in [0.4, 0.5) is 20.3 Å². The second-order valence-electron chi connectivity index (χ2n) is 7.24. The van der Waals surface area contributed by atoms with Gasteiger partial charge < -0.3 is 15.5 Å². The van der Waals surface area contributed by atoms with Gasteiger partial charge in [0.1, 0.15) is 22.3 Å². The van der Waals surface area contributed by atoms with Crippen molar-refractivity contribution in [1.82, 2.24) is 15.5 Å². The first kappa shape index (κ1) is 22.9. The Labute approximate surface area is 184 Å². The highest BCUT2D eigenvalue weighted by atomic mass is 32.2. The van der Waals surface area contributed by atoms with E-state index in [0.29, 0.717) is 23.9 Å². The molecule has 166 valence electrons. The van der Waals surface area contributed by atoms with Gasteiger partial charge in [0.05, 0.1) is 11.7 Å². The molecule has 1 aliphatic heterocycles. The highest BCUT2D eigenvalue weighted by Gasteiger charge is 2.26. The highest BCUT2D eigenvalue weighted by Crippen LogP contribution is 2.24. The summed E-state index contributed by atoms with van der Waals surface area (Å²) in [7, 11) is 0. The van der Waals surface area contributed by atoms with E-state index < -0.39 is 23.2 Å². The van der Waals surface area contributed by atoms with Crippen molar-refractivity contribution in [3.05, 3.63) is 42.0 Å². The number of aromatic nitrogens is 2. The van der Waals surface area contributed by atoms with Crippen LogP contribution < -0.4 is 15.5 Å². The number of halogens is 2. The third kappa shape index (κ3) is 6.36. The number of anilines is 2. The third-order valence-corrected chi connectivity index (χ3v) is 5.79. The van der Waals surface area contributed by atoms with E-state index in [4.69, 9.17) is 0 Å². The maximum Gasteiger partial charge on any atom is 0.234 e. The highest BCUT2D eigenvalue weighted by molar-refractivity contribution is 7.99. The summed E-state index contributed by atoms with van der Waals surface area (Å²) in [5.74, 6) is -1.59. The Balaban J connectivity index is 1.52. The molecule has 1 aromatic carbocycles. The second kappa shape index (κ2) is 11.0. The molecule has 2 heterocycles. The molecule has 1 fully saturated rings. The Morgan fingerprint density at radius 3 is 2.65 bits per heavy atom. The quantitative estimate of drug-likeness (QED) is 0.602. The fraction of sp³-hybridized carbons (Fsp3) is 0.429. The van der Waals surface area contributed by atoms with Crippen molar-refractivity contribution in [3.63, 3.8) is 0 Å². The van der Waals surface area contributed by atoms with Crippen LogP contribution in [0.3, 0.4) is 0 Å². The largest absolute Gasteiger partial charge is 0.356 e. The lowest BCUT2D eigenvalue weighted by Crippen LogP contribution is -2.43. The van der Waals surface area contributed by atoms with Gasteiger partial charge in [-0.3, -0.25) is 9.59 Å².